The van der Waals surface area contributed by atoms with Crippen LogP contribution in [0.2, 0.25) is 5.02 Å². The Morgan fingerprint density at radius 1 is 1.25 bits per heavy atom. The number of hydrogen-bond acceptors (Lipinski definition) is 4. The Labute approximate surface area is 118 Å². The molecular formula is C12H12ClNO6. The smallest absolute Gasteiger partial charge is 0.326 e. The Morgan fingerprint density at radius 2 is 1.90 bits per heavy atom. The van der Waals surface area contributed by atoms with E-state index in [2.05, 4.69) is 5.32 Å². The molecule has 0 spiro atoms. The summed E-state index contributed by atoms with van der Waals surface area (Å²) in [4.78, 5) is 33.2. The fourth-order valence-electron chi connectivity index (χ4n) is 1.46. The zero-order valence-corrected chi connectivity index (χ0v) is 10.9. The van der Waals surface area contributed by atoms with E-state index >= 15 is 0 Å². The molecule has 0 aliphatic heterocycles. The van der Waals surface area contributed by atoms with Crippen LogP contribution in [0, 0.1) is 0 Å². The standard InChI is InChI=1S/C12H12ClNO6/c13-6-1-2-7(9(15)5-6)11(18)14-8(12(19)20)3-4-10(16)17/h1-2,5,8,15H,3-4H2,(H,14,18)(H,16,17)(H,19,20). The van der Waals surface area contributed by atoms with Gasteiger partial charge in [-0.2, -0.15) is 0 Å². The lowest BCUT2D eigenvalue weighted by atomic mass is 10.1. The third-order valence-corrected chi connectivity index (χ3v) is 2.69. The van der Waals surface area contributed by atoms with Crippen LogP contribution in [0.4, 0.5) is 0 Å². The molecule has 0 saturated carbocycles. The molecule has 1 amide bonds. The highest BCUT2D eigenvalue weighted by atomic mass is 35.5. The molecule has 4 N–H and O–H groups in total. The predicted octanol–water partition coefficient (Wildman–Crippen LogP) is 1.09. The number of hydrogen-bond donors (Lipinski definition) is 4. The van der Waals surface area contributed by atoms with Crippen LogP contribution in [0.5, 0.6) is 5.75 Å². The van der Waals surface area contributed by atoms with Crippen LogP contribution >= 0.6 is 11.6 Å². The van der Waals surface area contributed by atoms with Crippen molar-refractivity contribution in [2.75, 3.05) is 0 Å². The monoisotopic (exact) mass is 301 g/mol. The van der Waals surface area contributed by atoms with Gasteiger partial charge < -0.3 is 20.6 Å². The van der Waals surface area contributed by atoms with Crippen molar-refractivity contribution in [3.63, 3.8) is 0 Å². The maximum Gasteiger partial charge on any atom is 0.326 e. The van der Waals surface area contributed by atoms with Gasteiger partial charge in [-0.3, -0.25) is 9.59 Å². The lowest BCUT2D eigenvalue weighted by molar-refractivity contribution is -0.140. The summed E-state index contributed by atoms with van der Waals surface area (Å²) in [5, 5.41) is 29.3. The van der Waals surface area contributed by atoms with E-state index in [1.807, 2.05) is 0 Å². The largest absolute Gasteiger partial charge is 0.507 e. The first kappa shape index (κ1) is 15.8. The summed E-state index contributed by atoms with van der Waals surface area (Å²) in [6.45, 7) is 0. The van der Waals surface area contributed by atoms with Gasteiger partial charge in [0, 0.05) is 11.4 Å². The highest BCUT2D eigenvalue weighted by molar-refractivity contribution is 6.30. The SMILES string of the molecule is O=C(O)CCC(NC(=O)c1ccc(Cl)cc1O)C(=O)O. The lowest BCUT2D eigenvalue weighted by Crippen LogP contribution is -2.41. The molecule has 0 aromatic heterocycles. The van der Waals surface area contributed by atoms with Crippen LogP contribution in [-0.4, -0.2) is 39.2 Å². The molecule has 8 heteroatoms. The molecule has 1 aromatic carbocycles. The maximum atomic E-state index is 11.8. The molecule has 20 heavy (non-hydrogen) atoms. The van der Waals surface area contributed by atoms with Crippen LogP contribution in [0.1, 0.15) is 23.2 Å². The maximum absolute atomic E-state index is 11.8. The summed E-state index contributed by atoms with van der Waals surface area (Å²) >= 11 is 5.61. The fourth-order valence-corrected chi connectivity index (χ4v) is 1.62. The quantitative estimate of drug-likeness (QED) is 0.623. The van der Waals surface area contributed by atoms with E-state index in [-0.39, 0.29) is 17.0 Å². The molecule has 0 radical (unpaired) electrons. The summed E-state index contributed by atoms with van der Waals surface area (Å²) in [6, 6.07) is 2.39. The normalized spacial score (nSPS) is 11.7. The van der Waals surface area contributed by atoms with Gasteiger partial charge in [0.05, 0.1) is 5.56 Å². The van der Waals surface area contributed by atoms with Gasteiger partial charge in [0.25, 0.3) is 5.91 Å². The van der Waals surface area contributed by atoms with Crippen molar-refractivity contribution in [1.82, 2.24) is 5.32 Å². The predicted molar refractivity (Wildman–Crippen MR) is 68.9 cm³/mol. The van der Waals surface area contributed by atoms with Crippen molar-refractivity contribution in [3.8, 4) is 5.75 Å². The molecule has 7 nitrogen and oxygen atoms in total. The number of carbonyl (C=O) groups excluding carboxylic acids is 1. The number of halogens is 1. The van der Waals surface area contributed by atoms with E-state index < -0.39 is 36.1 Å². The Balaban J connectivity index is 2.80. The second-order valence-electron chi connectivity index (χ2n) is 3.96. The van der Waals surface area contributed by atoms with Gasteiger partial charge in [0.15, 0.2) is 0 Å². The average Bonchev–Trinajstić information content (AvgIpc) is 2.33. The second kappa shape index (κ2) is 6.76. The van der Waals surface area contributed by atoms with E-state index in [1.54, 1.807) is 0 Å². The Kier molecular flexibility index (Phi) is 5.33. The topological polar surface area (TPSA) is 124 Å². The number of nitrogens with one attached hydrogen (secondary N) is 1. The van der Waals surface area contributed by atoms with Crippen LogP contribution in [0.3, 0.4) is 0 Å². The minimum Gasteiger partial charge on any atom is -0.507 e. The Hall–Kier alpha value is -2.28. The van der Waals surface area contributed by atoms with E-state index in [4.69, 9.17) is 21.8 Å². The van der Waals surface area contributed by atoms with E-state index in [0.29, 0.717) is 0 Å². The first-order valence-corrected chi connectivity index (χ1v) is 5.93. The van der Waals surface area contributed by atoms with Gasteiger partial charge in [-0.15, -0.1) is 0 Å². The minimum atomic E-state index is -1.35. The molecule has 1 aromatic rings. The van der Waals surface area contributed by atoms with E-state index in [9.17, 15) is 19.5 Å². The average molecular weight is 302 g/mol. The summed E-state index contributed by atoms with van der Waals surface area (Å²) < 4.78 is 0. The zero-order valence-electron chi connectivity index (χ0n) is 10.2. The number of benzene rings is 1. The highest BCUT2D eigenvalue weighted by Gasteiger charge is 2.22. The fraction of sp³-hybridized carbons (Fsp3) is 0.250. The first-order valence-electron chi connectivity index (χ1n) is 5.55. The molecule has 0 bridgehead atoms. The number of phenols is 1. The van der Waals surface area contributed by atoms with Gasteiger partial charge in [-0.1, -0.05) is 11.6 Å². The van der Waals surface area contributed by atoms with Crippen LogP contribution < -0.4 is 5.32 Å². The molecule has 0 saturated heterocycles. The van der Waals surface area contributed by atoms with Crippen LogP contribution in [0.15, 0.2) is 18.2 Å². The summed E-state index contributed by atoms with van der Waals surface area (Å²) in [6.07, 6.45) is -0.658. The molecule has 108 valence electrons. The van der Waals surface area contributed by atoms with E-state index in [0.717, 1.165) is 6.07 Å². The Bertz CT molecular complexity index is 545. The van der Waals surface area contributed by atoms with Gasteiger partial charge >= 0.3 is 11.9 Å². The number of phenolic OH excluding ortho intramolecular Hbond substituents is 1. The Morgan fingerprint density at radius 3 is 2.40 bits per heavy atom. The van der Waals surface area contributed by atoms with Crippen molar-refractivity contribution >= 4 is 29.4 Å². The number of carboxylic acid groups (broad SMARTS) is 2. The highest BCUT2D eigenvalue weighted by Crippen LogP contribution is 2.21. The van der Waals surface area contributed by atoms with Gasteiger partial charge in [-0.25, -0.2) is 4.79 Å². The molecule has 1 unspecified atom stereocenters. The number of carbonyl (C=O) groups is 3. The molecule has 0 heterocycles. The summed E-state index contributed by atoms with van der Waals surface area (Å²) in [7, 11) is 0. The summed E-state index contributed by atoms with van der Waals surface area (Å²) in [5.41, 5.74) is -0.143. The third kappa shape index (κ3) is 4.43. The third-order valence-electron chi connectivity index (χ3n) is 2.45. The lowest BCUT2D eigenvalue weighted by Gasteiger charge is -2.14. The van der Waals surface area contributed by atoms with Crippen molar-refractivity contribution in [2.45, 2.75) is 18.9 Å². The molecule has 1 atom stereocenters. The van der Waals surface area contributed by atoms with Crippen molar-refractivity contribution in [2.24, 2.45) is 0 Å². The van der Waals surface area contributed by atoms with Crippen molar-refractivity contribution < 1.29 is 29.7 Å². The molecule has 1 rings (SSSR count). The molecular weight excluding hydrogens is 290 g/mol. The molecule has 0 aliphatic carbocycles. The van der Waals surface area contributed by atoms with Gasteiger partial charge in [-0.05, 0) is 24.6 Å². The zero-order chi connectivity index (χ0) is 15.3. The summed E-state index contributed by atoms with van der Waals surface area (Å²) in [5.74, 6) is -3.73. The van der Waals surface area contributed by atoms with Crippen molar-refractivity contribution in [1.29, 1.82) is 0 Å². The second-order valence-corrected chi connectivity index (χ2v) is 4.39. The first-order chi connectivity index (χ1) is 9.31. The van der Waals surface area contributed by atoms with Gasteiger partial charge in [0.1, 0.15) is 11.8 Å². The molecule has 0 fully saturated rings. The molecule has 0 aliphatic rings. The van der Waals surface area contributed by atoms with Gasteiger partial charge in [0.2, 0.25) is 0 Å². The number of rotatable bonds is 6. The number of aromatic hydroxyl groups is 1. The van der Waals surface area contributed by atoms with Crippen LogP contribution in [0.25, 0.3) is 0 Å². The minimum absolute atomic E-state index is 0.143. The number of amides is 1. The van der Waals surface area contributed by atoms with E-state index in [1.165, 1.54) is 12.1 Å². The number of carboxylic acids is 2. The van der Waals surface area contributed by atoms with Crippen LogP contribution in [-0.2, 0) is 9.59 Å². The number of aliphatic carboxylic acids is 2. The van der Waals surface area contributed by atoms with Crippen molar-refractivity contribution in [3.05, 3.63) is 28.8 Å².